The molecule has 0 spiro atoms. The minimum atomic E-state index is -4.67. The maximum absolute atomic E-state index is 8.74. The average Bonchev–Trinajstić information content (AvgIpc) is 1.59. The van der Waals surface area contributed by atoms with E-state index in [2.05, 4.69) is 0 Å². The van der Waals surface area contributed by atoms with E-state index in [0.717, 1.165) is 0 Å². The topological polar surface area (TPSA) is 166 Å². The zero-order valence-corrected chi connectivity index (χ0v) is 10.7. The standard InChI is InChI=1S/CH2O.2H2O4S.Zn/c1-2;2*1-5(2,3)4;/h1H2;2*(H2,1,2,3,4);. The Balaban J connectivity index is -0.0000000491. The molecule has 0 fully saturated rings. The molecule has 0 aliphatic carbocycles. The largest absolute Gasteiger partial charge is 0.394 e. The van der Waals surface area contributed by atoms with Gasteiger partial charge in [-0.1, -0.05) is 0 Å². The van der Waals surface area contributed by atoms with Gasteiger partial charge in [0.05, 0.1) is 0 Å². The summed E-state index contributed by atoms with van der Waals surface area (Å²) in [4.78, 5) is 8.00. The predicted octanol–water partition coefficient (Wildman–Crippen LogP) is -1.49. The molecule has 0 aromatic heterocycles. The first kappa shape index (κ1) is 23.1. The molecule has 0 atom stereocenters. The first-order chi connectivity index (χ1) is 5.00. The van der Waals surface area contributed by atoms with Gasteiger partial charge < -0.3 is 4.79 Å². The molecule has 0 aromatic rings. The van der Waals surface area contributed by atoms with Gasteiger partial charge in [0, 0.05) is 19.5 Å². The van der Waals surface area contributed by atoms with Crippen molar-refractivity contribution >= 4 is 27.6 Å². The van der Waals surface area contributed by atoms with E-state index in [1.165, 1.54) is 0 Å². The van der Waals surface area contributed by atoms with E-state index in [9.17, 15) is 0 Å². The third-order valence-corrected chi connectivity index (χ3v) is 0. The average molecular weight is 292 g/mol. The normalized spacial score (nSPS) is 9.23. The summed E-state index contributed by atoms with van der Waals surface area (Å²) in [7, 11) is -9.33. The Hall–Kier alpha value is 0.0334. The molecule has 0 aliphatic rings. The van der Waals surface area contributed by atoms with Crippen LogP contribution in [0.3, 0.4) is 0 Å². The molecular weight excluding hydrogens is 286 g/mol. The van der Waals surface area contributed by atoms with Crippen molar-refractivity contribution in [3.8, 4) is 0 Å². The second kappa shape index (κ2) is 10.1. The van der Waals surface area contributed by atoms with Gasteiger partial charge in [0.1, 0.15) is 6.79 Å². The Morgan fingerprint density at radius 2 is 0.692 bits per heavy atom. The maximum atomic E-state index is 8.74. The van der Waals surface area contributed by atoms with E-state index in [1.807, 2.05) is 6.79 Å². The van der Waals surface area contributed by atoms with Crippen molar-refractivity contribution in [2.24, 2.45) is 0 Å². The van der Waals surface area contributed by atoms with E-state index < -0.39 is 20.8 Å². The van der Waals surface area contributed by atoms with Crippen molar-refractivity contribution < 1.29 is 59.3 Å². The molecule has 4 N–H and O–H groups in total. The third kappa shape index (κ3) is 1090000. The fourth-order valence-corrected chi connectivity index (χ4v) is 0. The quantitative estimate of drug-likeness (QED) is 0.307. The van der Waals surface area contributed by atoms with Gasteiger partial charge in [0.25, 0.3) is 0 Å². The van der Waals surface area contributed by atoms with Crippen LogP contribution in [0.25, 0.3) is 0 Å². The Morgan fingerprint density at radius 1 is 0.692 bits per heavy atom. The molecule has 0 amide bonds. The molecule has 0 heterocycles. The van der Waals surface area contributed by atoms with Crippen LogP contribution in [0.1, 0.15) is 0 Å². The van der Waals surface area contributed by atoms with Crippen LogP contribution in [-0.4, -0.2) is 41.8 Å². The molecule has 0 aliphatic heterocycles. The molecule has 0 unspecified atom stereocenters. The van der Waals surface area contributed by atoms with Gasteiger partial charge in [0.15, 0.2) is 0 Å². The molecule has 0 aromatic carbocycles. The van der Waals surface area contributed by atoms with Crippen molar-refractivity contribution in [1.29, 1.82) is 0 Å². The van der Waals surface area contributed by atoms with Crippen molar-refractivity contribution in [3.63, 3.8) is 0 Å². The van der Waals surface area contributed by atoms with E-state index in [4.69, 9.17) is 39.8 Å². The van der Waals surface area contributed by atoms with Gasteiger partial charge >= 0.3 is 20.8 Å². The minimum Gasteiger partial charge on any atom is -0.307 e. The van der Waals surface area contributed by atoms with Gasteiger partial charge in [-0.25, -0.2) is 0 Å². The fraction of sp³-hybridized carbons (Fsp3) is 0. The van der Waals surface area contributed by atoms with Gasteiger partial charge in [-0.15, -0.1) is 0 Å². The predicted molar refractivity (Wildman–Crippen MR) is 35.5 cm³/mol. The van der Waals surface area contributed by atoms with Gasteiger partial charge in [-0.3, -0.25) is 18.2 Å². The Morgan fingerprint density at radius 3 is 0.692 bits per heavy atom. The molecule has 0 bridgehead atoms. The summed E-state index contributed by atoms with van der Waals surface area (Å²) in [5, 5.41) is 0. The summed E-state index contributed by atoms with van der Waals surface area (Å²) >= 11 is 0. The van der Waals surface area contributed by atoms with Crippen LogP contribution in [0.4, 0.5) is 0 Å². The van der Waals surface area contributed by atoms with E-state index in [1.54, 1.807) is 0 Å². The minimum absolute atomic E-state index is 0. The number of carbonyl (C=O) groups is 1. The summed E-state index contributed by atoms with van der Waals surface area (Å²) in [6, 6.07) is 0. The summed E-state index contributed by atoms with van der Waals surface area (Å²) < 4.78 is 63.2. The van der Waals surface area contributed by atoms with Crippen molar-refractivity contribution in [3.05, 3.63) is 0 Å². The van der Waals surface area contributed by atoms with Crippen LogP contribution in [0.15, 0.2) is 0 Å². The molecule has 0 saturated carbocycles. The van der Waals surface area contributed by atoms with Crippen LogP contribution in [0.5, 0.6) is 0 Å². The third-order valence-electron chi connectivity index (χ3n) is 0. The summed E-state index contributed by atoms with van der Waals surface area (Å²) in [5.41, 5.74) is 0. The zero-order chi connectivity index (χ0) is 11.0. The van der Waals surface area contributed by atoms with E-state index in [0.29, 0.717) is 0 Å². The molecule has 0 saturated heterocycles. The summed E-state index contributed by atoms with van der Waals surface area (Å²) in [6.45, 7) is 2.00. The van der Waals surface area contributed by atoms with Crippen molar-refractivity contribution in [2.45, 2.75) is 0 Å². The zero-order valence-electron chi connectivity index (χ0n) is 6.06. The fourth-order valence-electron chi connectivity index (χ4n) is 0. The Kier molecular flexibility index (Phi) is 18.0. The number of carbonyl (C=O) groups excluding carboxylic acids is 1. The number of rotatable bonds is 0. The van der Waals surface area contributed by atoms with Crippen molar-refractivity contribution in [2.75, 3.05) is 0 Å². The molecule has 12 heteroatoms. The van der Waals surface area contributed by atoms with Crippen LogP contribution in [-0.2, 0) is 45.1 Å². The van der Waals surface area contributed by atoms with E-state index >= 15 is 0 Å². The first-order valence-corrected chi connectivity index (χ1v) is 4.48. The summed E-state index contributed by atoms with van der Waals surface area (Å²) in [6.07, 6.45) is 0. The maximum Gasteiger partial charge on any atom is 0.394 e. The van der Waals surface area contributed by atoms with Crippen LogP contribution >= 0.6 is 0 Å². The smallest absolute Gasteiger partial charge is 0.307 e. The number of hydrogen-bond donors (Lipinski definition) is 4. The molecule has 78 valence electrons. The van der Waals surface area contributed by atoms with Gasteiger partial charge in [0.2, 0.25) is 0 Å². The Bertz CT molecular complexity index is 227. The van der Waals surface area contributed by atoms with Gasteiger partial charge in [-0.2, -0.15) is 16.8 Å². The van der Waals surface area contributed by atoms with E-state index in [-0.39, 0.29) is 19.5 Å². The molecule has 0 radical (unpaired) electrons. The monoisotopic (exact) mass is 290 g/mol. The molecule has 0 rings (SSSR count). The van der Waals surface area contributed by atoms with Crippen LogP contribution in [0.2, 0.25) is 0 Å². The Labute approximate surface area is 87.1 Å². The molecular formula is CH6O9S2Zn. The molecule has 9 nitrogen and oxygen atoms in total. The first-order valence-electron chi connectivity index (χ1n) is 1.69. The SMILES string of the molecule is C=O.O=S(=O)(O)O.O=S(=O)(O)O.[Zn]. The van der Waals surface area contributed by atoms with Crippen molar-refractivity contribution in [1.82, 2.24) is 0 Å². The number of hydrogen-bond acceptors (Lipinski definition) is 5. The van der Waals surface area contributed by atoms with Crippen LogP contribution in [0, 0.1) is 0 Å². The van der Waals surface area contributed by atoms with Crippen LogP contribution < -0.4 is 0 Å². The van der Waals surface area contributed by atoms with Gasteiger partial charge in [-0.05, 0) is 0 Å². The summed E-state index contributed by atoms with van der Waals surface area (Å²) in [5.74, 6) is 0. The second-order valence-electron chi connectivity index (χ2n) is 0.896. The second-order valence-corrected chi connectivity index (χ2v) is 2.69. The molecule has 13 heavy (non-hydrogen) atoms.